The molecule has 1 unspecified atom stereocenters. The largest absolute Gasteiger partial charge is 0.359 e. The molecule has 2 nitrogen and oxygen atoms in total. The minimum absolute atomic E-state index is 0.192. The Morgan fingerprint density at radius 2 is 2.36 bits per heavy atom. The van der Waals surface area contributed by atoms with Crippen LogP contribution in [0.1, 0.15) is 6.42 Å². The smallest absolute Gasteiger partial charge is 0.148 e. The van der Waals surface area contributed by atoms with E-state index in [2.05, 4.69) is 28.7 Å². The van der Waals surface area contributed by atoms with Crippen molar-refractivity contribution in [2.75, 3.05) is 13.9 Å². The van der Waals surface area contributed by atoms with Crippen LogP contribution in [0.5, 0.6) is 0 Å². The van der Waals surface area contributed by atoms with Gasteiger partial charge in [-0.15, -0.1) is 0 Å². The molecule has 11 heavy (non-hydrogen) atoms. The Hall–Kier alpha value is 0.130. The Bertz CT molecular complexity index is 177. The van der Waals surface area contributed by atoms with Gasteiger partial charge in [0.2, 0.25) is 0 Å². The third kappa shape index (κ3) is 2.92. The summed E-state index contributed by atoms with van der Waals surface area (Å²) in [4.78, 5) is 0. The molecule has 0 aromatic heterocycles. The fraction of sp³-hybridized carbons (Fsp3) is 0.500. The van der Waals surface area contributed by atoms with Crippen LogP contribution in [0, 0.1) is 0 Å². The van der Waals surface area contributed by atoms with E-state index < -0.39 is 0 Å². The lowest BCUT2D eigenvalue weighted by Crippen LogP contribution is -2.23. The van der Waals surface area contributed by atoms with Crippen molar-refractivity contribution in [1.82, 2.24) is 0 Å². The van der Waals surface area contributed by atoms with Gasteiger partial charge in [-0.05, 0) is 28.7 Å². The molecule has 0 bridgehead atoms. The number of alkyl halides is 1. The second-order valence-electron chi connectivity index (χ2n) is 2.33. The van der Waals surface area contributed by atoms with Crippen LogP contribution in [0.4, 0.5) is 0 Å². The molecule has 3 heteroatoms. The molecule has 1 rings (SSSR count). The molecule has 0 spiro atoms. The first kappa shape index (κ1) is 9.22. The lowest BCUT2D eigenvalue weighted by Gasteiger charge is -2.23. The lowest BCUT2D eigenvalue weighted by molar-refractivity contribution is -0.0614. The minimum Gasteiger partial charge on any atom is -0.359 e. The number of hydrogen-bond acceptors (Lipinski definition) is 2. The van der Waals surface area contributed by atoms with Crippen LogP contribution in [0.15, 0.2) is 24.3 Å². The van der Waals surface area contributed by atoms with Crippen molar-refractivity contribution in [2.45, 2.75) is 10.0 Å². The van der Waals surface area contributed by atoms with Gasteiger partial charge in [-0.1, -0.05) is 18.2 Å². The number of rotatable bonds is 3. The van der Waals surface area contributed by atoms with Gasteiger partial charge in [-0.2, -0.15) is 0 Å². The Morgan fingerprint density at radius 1 is 1.55 bits per heavy atom. The number of allylic oxidation sites excluding steroid dienone is 2. The molecular formula is C8H11IO2. The monoisotopic (exact) mass is 266 g/mol. The summed E-state index contributed by atoms with van der Waals surface area (Å²) >= 11 is 2.27. The van der Waals surface area contributed by atoms with E-state index in [1.165, 1.54) is 0 Å². The fourth-order valence-corrected chi connectivity index (χ4v) is 1.43. The topological polar surface area (TPSA) is 18.5 Å². The zero-order valence-corrected chi connectivity index (χ0v) is 8.58. The van der Waals surface area contributed by atoms with Crippen molar-refractivity contribution in [3.05, 3.63) is 24.3 Å². The maximum Gasteiger partial charge on any atom is 0.148 e. The first-order valence-corrected chi connectivity index (χ1v) is 4.51. The summed E-state index contributed by atoms with van der Waals surface area (Å²) in [6.45, 7) is 0.348. The molecule has 0 N–H and O–H groups in total. The molecule has 0 amide bonds. The summed E-state index contributed by atoms with van der Waals surface area (Å²) in [5.74, 6) is 0. The zero-order valence-electron chi connectivity index (χ0n) is 6.42. The SMILES string of the molecule is COCOC1(I)C=CC=CC1. The summed E-state index contributed by atoms with van der Waals surface area (Å²) in [6.07, 6.45) is 9.04. The van der Waals surface area contributed by atoms with E-state index in [1.807, 2.05) is 18.2 Å². The van der Waals surface area contributed by atoms with E-state index in [9.17, 15) is 0 Å². The van der Waals surface area contributed by atoms with Gasteiger partial charge in [-0.3, -0.25) is 0 Å². The van der Waals surface area contributed by atoms with Gasteiger partial charge in [0, 0.05) is 13.5 Å². The van der Waals surface area contributed by atoms with E-state index in [1.54, 1.807) is 7.11 Å². The van der Waals surface area contributed by atoms with Gasteiger partial charge >= 0.3 is 0 Å². The van der Waals surface area contributed by atoms with E-state index in [-0.39, 0.29) is 3.61 Å². The summed E-state index contributed by atoms with van der Waals surface area (Å²) in [5, 5.41) is 0. The predicted octanol–water partition coefficient (Wildman–Crippen LogP) is 2.25. The second-order valence-corrected chi connectivity index (χ2v) is 4.15. The van der Waals surface area contributed by atoms with E-state index in [4.69, 9.17) is 9.47 Å². The Morgan fingerprint density at radius 3 is 2.91 bits per heavy atom. The standard InChI is InChI=1S/C8H11IO2/c1-10-7-11-8(9)5-3-2-4-6-8/h2-5H,6-7H2,1H3. The fourth-order valence-electron chi connectivity index (χ4n) is 0.839. The molecule has 0 saturated heterocycles. The highest BCUT2D eigenvalue weighted by molar-refractivity contribution is 14.1. The highest BCUT2D eigenvalue weighted by atomic mass is 127. The van der Waals surface area contributed by atoms with E-state index in [0.717, 1.165) is 6.42 Å². The van der Waals surface area contributed by atoms with Gasteiger partial charge in [0.25, 0.3) is 0 Å². The van der Waals surface area contributed by atoms with Gasteiger partial charge in [0.15, 0.2) is 0 Å². The van der Waals surface area contributed by atoms with Crippen LogP contribution >= 0.6 is 22.6 Å². The van der Waals surface area contributed by atoms with Crippen LogP contribution < -0.4 is 0 Å². The highest BCUT2D eigenvalue weighted by Crippen LogP contribution is 2.29. The first-order valence-electron chi connectivity index (χ1n) is 3.43. The minimum atomic E-state index is -0.192. The third-order valence-corrected chi connectivity index (χ3v) is 2.52. The zero-order chi connectivity index (χ0) is 8.16. The number of methoxy groups -OCH3 is 1. The van der Waals surface area contributed by atoms with Gasteiger partial charge in [0.05, 0.1) is 0 Å². The van der Waals surface area contributed by atoms with Gasteiger partial charge in [-0.25, -0.2) is 0 Å². The molecule has 1 aliphatic rings. The van der Waals surface area contributed by atoms with E-state index in [0.29, 0.717) is 6.79 Å². The molecule has 62 valence electrons. The average molecular weight is 266 g/mol. The summed E-state index contributed by atoms with van der Waals surface area (Å²) in [6, 6.07) is 0. The predicted molar refractivity (Wildman–Crippen MR) is 52.6 cm³/mol. The molecule has 0 radical (unpaired) electrons. The quantitative estimate of drug-likeness (QED) is 0.443. The van der Waals surface area contributed by atoms with Crippen molar-refractivity contribution in [2.24, 2.45) is 0 Å². The molecule has 0 aromatic rings. The molecule has 0 aliphatic heterocycles. The van der Waals surface area contributed by atoms with Crippen molar-refractivity contribution in [1.29, 1.82) is 0 Å². The summed E-state index contributed by atoms with van der Waals surface area (Å²) < 4.78 is 10.1. The number of halogens is 1. The van der Waals surface area contributed by atoms with Crippen LogP contribution in [0.3, 0.4) is 0 Å². The second kappa shape index (κ2) is 4.23. The molecule has 1 atom stereocenters. The van der Waals surface area contributed by atoms with Crippen LogP contribution in [0.25, 0.3) is 0 Å². The molecule has 0 fully saturated rings. The first-order chi connectivity index (χ1) is 5.27. The lowest BCUT2D eigenvalue weighted by atomic mass is 10.1. The molecular weight excluding hydrogens is 255 g/mol. The van der Waals surface area contributed by atoms with Crippen LogP contribution in [-0.4, -0.2) is 17.5 Å². The van der Waals surface area contributed by atoms with Gasteiger partial charge in [0.1, 0.15) is 10.4 Å². The maximum absolute atomic E-state index is 5.45. The average Bonchev–Trinajstić information content (AvgIpc) is 2.03. The van der Waals surface area contributed by atoms with Crippen molar-refractivity contribution < 1.29 is 9.47 Å². The highest BCUT2D eigenvalue weighted by Gasteiger charge is 2.23. The number of ether oxygens (including phenoxy) is 2. The van der Waals surface area contributed by atoms with Crippen LogP contribution in [0.2, 0.25) is 0 Å². The molecule has 0 saturated carbocycles. The molecule has 1 aliphatic carbocycles. The van der Waals surface area contributed by atoms with Crippen molar-refractivity contribution >= 4 is 22.6 Å². The Kier molecular flexibility index (Phi) is 3.54. The van der Waals surface area contributed by atoms with Crippen molar-refractivity contribution in [3.63, 3.8) is 0 Å². The van der Waals surface area contributed by atoms with Crippen molar-refractivity contribution in [3.8, 4) is 0 Å². The van der Waals surface area contributed by atoms with Gasteiger partial charge < -0.3 is 9.47 Å². The van der Waals surface area contributed by atoms with E-state index >= 15 is 0 Å². The van der Waals surface area contributed by atoms with Crippen LogP contribution in [-0.2, 0) is 9.47 Å². The third-order valence-electron chi connectivity index (χ3n) is 1.41. The Balaban J connectivity index is 2.40. The normalized spacial score (nSPS) is 29.3. The summed E-state index contributed by atoms with van der Waals surface area (Å²) in [5.41, 5.74) is 0. The molecule has 0 aromatic carbocycles. The Labute approximate surface area is 80.4 Å². The molecule has 0 heterocycles. The summed E-state index contributed by atoms with van der Waals surface area (Å²) in [7, 11) is 1.63. The number of hydrogen-bond donors (Lipinski definition) is 0. The maximum atomic E-state index is 5.45.